The van der Waals surface area contributed by atoms with Gasteiger partial charge in [-0.15, -0.1) is 0 Å². The molecule has 266 valence electrons. The lowest BCUT2D eigenvalue weighted by atomic mass is 10.1. The molecule has 0 aromatic rings. The van der Waals surface area contributed by atoms with Crippen LogP contribution in [-0.2, 0) is 32.7 Å². The first kappa shape index (κ1) is 43.8. The maximum absolute atomic E-state index is 12.5. The first-order valence-corrected chi connectivity index (χ1v) is 19.4. The highest BCUT2D eigenvalue weighted by molar-refractivity contribution is 7.47. The molecule has 0 aliphatic carbocycles. The van der Waals surface area contributed by atoms with Crippen molar-refractivity contribution in [1.29, 1.82) is 0 Å². The molecule has 0 heterocycles. The number of likely N-dealkylation sites (N-methyl/N-ethyl adjacent to an activating group) is 1. The van der Waals surface area contributed by atoms with Crippen molar-refractivity contribution >= 4 is 19.8 Å². The van der Waals surface area contributed by atoms with E-state index in [-0.39, 0.29) is 32.0 Å². The van der Waals surface area contributed by atoms with Crippen molar-refractivity contribution in [3.8, 4) is 0 Å². The van der Waals surface area contributed by atoms with Gasteiger partial charge in [0.1, 0.15) is 19.8 Å². The van der Waals surface area contributed by atoms with E-state index in [9.17, 15) is 19.0 Å². The van der Waals surface area contributed by atoms with Crippen LogP contribution < -0.4 is 0 Å². The van der Waals surface area contributed by atoms with E-state index in [0.29, 0.717) is 17.4 Å². The summed E-state index contributed by atoms with van der Waals surface area (Å²) in [6, 6.07) is 0. The molecule has 0 radical (unpaired) electrons. The third-order valence-corrected chi connectivity index (χ3v) is 8.53. The highest BCUT2D eigenvalue weighted by Crippen LogP contribution is 2.43. The summed E-state index contributed by atoms with van der Waals surface area (Å²) in [5, 5.41) is 0. The maximum atomic E-state index is 12.5. The van der Waals surface area contributed by atoms with Crippen molar-refractivity contribution < 1.29 is 42.1 Å². The van der Waals surface area contributed by atoms with E-state index in [1.807, 2.05) is 21.1 Å². The van der Waals surface area contributed by atoms with Crippen LogP contribution in [0, 0.1) is 0 Å². The van der Waals surface area contributed by atoms with Gasteiger partial charge in [-0.1, -0.05) is 109 Å². The number of ether oxygens (including phenoxy) is 2. The van der Waals surface area contributed by atoms with Gasteiger partial charge in [0, 0.05) is 12.8 Å². The van der Waals surface area contributed by atoms with Gasteiger partial charge in [0.15, 0.2) is 6.10 Å². The van der Waals surface area contributed by atoms with Gasteiger partial charge >= 0.3 is 19.8 Å². The number of carbonyl (C=O) groups excluding carboxylic acids is 2. The Balaban J connectivity index is 4.47. The van der Waals surface area contributed by atoms with Crippen molar-refractivity contribution in [1.82, 2.24) is 0 Å². The molecule has 0 saturated heterocycles. The molecule has 9 nitrogen and oxygen atoms in total. The second kappa shape index (κ2) is 28.9. The van der Waals surface area contributed by atoms with E-state index >= 15 is 0 Å². The summed E-state index contributed by atoms with van der Waals surface area (Å²) in [7, 11) is 1.47. The first-order chi connectivity index (χ1) is 21.5. The zero-order valence-electron chi connectivity index (χ0n) is 29.6. The molecule has 0 rings (SSSR count). The quantitative estimate of drug-likeness (QED) is 0.0250. The average molecular weight is 663 g/mol. The average Bonchev–Trinajstić information content (AvgIpc) is 2.97. The smallest absolute Gasteiger partial charge is 0.462 e. The number of rotatable bonds is 32. The molecule has 0 amide bonds. The summed E-state index contributed by atoms with van der Waals surface area (Å²) >= 11 is 0. The normalized spacial score (nSPS) is 14.0. The van der Waals surface area contributed by atoms with Gasteiger partial charge in [-0.05, 0) is 38.5 Å². The SMILES string of the molecule is CCCCC/C=C/CCCCCCCC(=O)OC[C@H](COP(=O)(O)OCC[N+](C)(C)C)OC(=O)CCCCCCCCCCC. The molecule has 0 aromatic heterocycles. The van der Waals surface area contributed by atoms with E-state index in [2.05, 4.69) is 26.0 Å². The molecule has 1 unspecified atom stereocenters. The lowest BCUT2D eigenvalue weighted by Crippen LogP contribution is -2.37. The number of allylic oxidation sites excluding steroid dienone is 2. The van der Waals surface area contributed by atoms with Gasteiger partial charge in [0.05, 0.1) is 27.7 Å². The van der Waals surface area contributed by atoms with Crippen molar-refractivity contribution in [3.63, 3.8) is 0 Å². The fraction of sp³-hybridized carbons (Fsp3) is 0.886. The van der Waals surface area contributed by atoms with E-state index in [1.165, 1.54) is 64.2 Å². The molecule has 0 aromatic carbocycles. The lowest BCUT2D eigenvalue weighted by Gasteiger charge is -2.24. The number of esters is 2. The number of hydrogen-bond acceptors (Lipinski definition) is 7. The van der Waals surface area contributed by atoms with E-state index in [1.54, 1.807) is 0 Å². The zero-order chi connectivity index (χ0) is 33.7. The van der Waals surface area contributed by atoms with Crippen molar-refractivity contribution in [2.75, 3.05) is 47.5 Å². The van der Waals surface area contributed by atoms with E-state index < -0.39 is 26.5 Å². The van der Waals surface area contributed by atoms with E-state index in [0.717, 1.165) is 51.4 Å². The van der Waals surface area contributed by atoms with Crippen LogP contribution in [-0.4, -0.2) is 74.9 Å². The molecule has 2 atom stereocenters. The summed E-state index contributed by atoms with van der Waals surface area (Å²) in [5.74, 6) is -0.812. The van der Waals surface area contributed by atoms with Crippen molar-refractivity contribution in [2.45, 2.75) is 155 Å². The fourth-order valence-corrected chi connectivity index (χ4v) is 5.39. The third-order valence-electron chi connectivity index (χ3n) is 7.55. The summed E-state index contributed by atoms with van der Waals surface area (Å²) < 4.78 is 34.0. The maximum Gasteiger partial charge on any atom is 0.472 e. The van der Waals surface area contributed by atoms with Crippen molar-refractivity contribution in [3.05, 3.63) is 12.2 Å². The van der Waals surface area contributed by atoms with Crippen LogP contribution >= 0.6 is 7.82 Å². The predicted molar refractivity (Wildman–Crippen MR) is 183 cm³/mol. The Hall–Kier alpha value is -1.25. The Kier molecular flexibility index (Phi) is 28.1. The van der Waals surface area contributed by atoms with Gasteiger partial charge in [0.25, 0.3) is 0 Å². The monoisotopic (exact) mass is 662 g/mol. The van der Waals surface area contributed by atoms with Gasteiger partial charge in [-0.3, -0.25) is 18.6 Å². The molecule has 0 aliphatic rings. The van der Waals surface area contributed by atoms with Crippen LogP contribution in [0.15, 0.2) is 12.2 Å². The molecule has 0 bridgehead atoms. The number of carbonyl (C=O) groups is 2. The highest BCUT2D eigenvalue weighted by Gasteiger charge is 2.27. The fourth-order valence-electron chi connectivity index (χ4n) is 4.65. The number of hydrogen-bond donors (Lipinski definition) is 1. The Labute approximate surface area is 276 Å². The number of unbranched alkanes of at least 4 members (excludes halogenated alkanes) is 16. The predicted octanol–water partition coefficient (Wildman–Crippen LogP) is 9.07. The second-order valence-corrected chi connectivity index (χ2v) is 14.7. The summed E-state index contributed by atoms with van der Waals surface area (Å²) in [5.41, 5.74) is 0. The molecule has 0 saturated carbocycles. The lowest BCUT2D eigenvalue weighted by molar-refractivity contribution is -0.870. The Morgan fingerprint density at radius 2 is 1.13 bits per heavy atom. The topological polar surface area (TPSA) is 108 Å². The Morgan fingerprint density at radius 3 is 1.69 bits per heavy atom. The van der Waals surface area contributed by atoms with Gasteiger partial charge in [-0.2, -0.15) is 0 Å². The minimum absolute atomic E-state index is 0.0328. The Morgan fingerprint density at radius 1 is 0.667 bits per heavy atom. The molecule has 10 heteroatoms. The molecule has 0 fully saturated rings. The molecular weight excluding hydrogens is 593 g/mol. The summed E-state index contributed by atoms with van der Waals surface area (Å²) in [6.07, 6.45) is 25.5. The number of nitrogens with zero attached hydrogens (tertiary/aromatic N) is 1. The third kappa shape index (κ3) is 32.5. The second-order valence-electron chi connectivity index (χ2n) is 13.3. The number of phosphoric ester groups is 1. The summed E-state index contributed by atoms with van der Waals surface area (Å²) in [6.45, 7) is 4.34. The standard InChI is InChI=1S/C35H68NO8P/c1-6-8-10-12-14-16-17-18-20-21-23-25-27-34(37)41-31-33(32-43-45(39,40)42-30-29-36(3,4)5)44-35(38)28-26-24-22-19-15-13-11-9-7-2/h14,16,33H,6-13,15,17-32H2,1-5H3/p+1/b16-14+/t33-/m1/s1. The van der Waals surface area contributed by atoms with Crippen LogP contribution in [0.5, 0.6) is 0 Å². The summed E-state index contributed by atoms with van der Waals surface area (Å²) in [4.78, 5) is 35.0. The molecule has 45 heavy (non-hydrogen) atoms. The number of quaternary nitrogens is 1. The number of phosphoric acid groups is 1. The van der Waals surface area contributed by atoms with Crippen LogP contribution in [0.3, 0.4) is 0 Å². The molecule has 0 aliphatic heterocycles. The van der Waals surface area contributed by atoms with Crippen LogP contribution in [0.2, 0.25) is 0 Å². The van der Waals surface area contributed by atoms with Gasteiger partial charge in [-0.25, -0.2) is 4.57 Å². The minimum atomic E-state index is -4.36. The highest BCUT2D eigenvalue weighted by atomic mass is 31.2. The molecule has 0 spiro atoms. The van der Waals surface area contributed by atoms with Crippen molar-refractivity contribution in [2.24, 2.45) is 0 Å². The minimum Gasteiger partial charge on any atom is -0.462 e. The van der Waals surface area contributed by atoms with Gasteiger partial charge < -0.3 is 18.9 Å². The zero-order valence-corrected chi connectivity index (χ0v) is 30.5. The largest absolute Gasteiger partial charge is 0.472 e. The van der Waals surface area contributed by atoms with E-state index in [4.69, 9.17) is 18.5 Å². The van der Waals surface area contributed by atoms with Crippen LogP contribution in [0.25, 0.3) is 0 Å². The first-order valence-electron chi connectivity index (χ1n) is 17.9. The van der Waals surface area contributed by atoms with Crippen LogP contribution in [0.1, 0.15) is 149 Å². The van der Waals surface area contributed by atoms with Crippen LogP contribution in [0.4, 0.5) is 0 Å². The molecule has 1 N–H and O–H groups in total. The Bertz CT molecular complexity index is 799. The molecular formula is C35H69NO8P+. The van der Waals surface area contributed by atoms with Gasteiger partial charge in [0.2, 0.25) is 0 Å².